The van der Waals surface area contributed by atoms with Gasteiger partial charge in [0.1, 0.15) is 0 Å². The number of carbonyl (C=O) groups excluding carboxylic acids is 2. The monoisotopic (exact) mass is 332 g/mol. The first-order chi connectivity index (χ1) is 11.6. The summed E-state index contributed by atoms with van der Waals surface area (Å²) in [6.45, 7) is 2.38. The molecule has 0 unspecified atom stereocenters. The van der Waals surface area contributed by atoms with Gasteiger partial charge in [-0.05, 0) is 48.9 Å². The van der Waals surface area contributed by atoms with E-state index in [2.05, 4.69) is 0 Å². The minimum Gasteiger partial charge on any atom is -0.493 e. The third kappa shape index (κ3) is 3.18. The zero-order valence-electron chi connectivity index (χ0n) is 14.3. The van der Waals surface area contributed by atoms with Crippen molar-refractivity contribution in [2.45, 2.75) is 32.2 Å². The third-order valence-corrected chi connectivity index (χ3v) is 4.83. The molecule has 0 atom stereocenters. The van der Waals surface area contributed by atoms with Crippen LogP contribution in [0.5, 0.6) is 11.5 Å². The van der Waals surface area contributed by atoms with Gasteiger partial charge in [-0.3, -0.25) is 9.59 Å². The molecule has 3 rings (SSSR count). The van der Waals surface area contributed by atoms with Crippen molar-refractivity contribution < 1.29 is 19.1 Å². The molecule has 1 fully saturated rings. The number of hydrogen-bond acceptors (Lipinski definition) is 4. The fourth-order valence-electron chi connectivity index (χ4n) is 3.42. The summed E-state index contributed by atoms with van der Waals surface area (Å²) >= 11 is 0. The Bertz CT molecular complexity index is 638. The highest BCUT2D eigenvalue weighted by atomic mass is 16.5. The van der Waals surface area contributed by atoms with Crippen LogP contribution in [0.2, 0.25) is 0 Å². The minimum atomic E-state index is -0.391. The van der Waals surface area contributed by atoms with Crippen LogP contribution in [0.3, 0.4) is 0 Å². The molecule has 2 heterocycles. The van der Waals surface area contributed by atoms with Crippen molar-refractivity contribution in [2.24, 2.45) is 0 Å². The molecular formula is C18H24N2O4. The van der Waals surface area contributed by atoms with Gasteiger partial charge in [-0.1, -0.05) is 0 Å². The molecule has 0 saturated carbocycles. The first-order valence-electron chi connectivity index (χ1n) is 8.46. The van der Waals surface area contributed by atoms with Gasteiger partial charge in [0.25, 0.3) is 0 Å². The highest BCUT2D eigenvalue weighted by Crippen LogP contribution is 2.33. The van der Waals surface area contributed by atoms with Crippen LogP contribution in [0, 0.1) is 0 Å². The lowest BCUT2D eigenvalue weighted by Crippen LogP contribution is -2.48. The standard InChI is InChI=1S/C18H24N2O4/c1-23-15-10-13-6-9-20(12-14(13)11-16(15)24-2)18(22)17(21)19-7-4-3-5-8-19/h10-11H,3-9,12H2,1-2H3. The van der Waals surface area contributed by atoms with Crippen molar-refractivity contribution in [3.8, 4) is 11.5 Å². The third-order valence-electron chi connectivity index (χ3n) is 4.83. The summed E-state index contributed by atoms with van der Waals surface area (Å²) in [6, 6.07) is 3.86. The molecule has 0 aromatic heterocycles. The number of hydrogen-bond donors (Lipinski definition) is 0. The lowest BCUT2D eigenvalue weighted by molar-refractivity contribution is -0.152. The van der Waals surface area contributed by atoms with Crippen LogP contribution < -0.4 is 9.47 Å². The van der Waals surface area contributed by atoms with Crippen LogP contribution in [-0.4, -0.2) is 55.5 Å². The summed E-state index contributed by atoms with van der Waals surface area (Å²) in [5, 5.41) is 0. The summed E-state index contributed by atoms with van der Waals surface area (Å²) < 4.78 is 10.7. The zero-order valence-corrected chi connectivity index (χ0v) is 14.3. The summed E-state index contributed by atoms with van der Waals surface area (Å²) in [7, 11) is 3.20. The zero-order chi connectivity index (χ0) is 17.1. The van der Waals surface area contributed by atoms with E-state index in [-0.39, 0.29) is 5.91 Å². The molecule has 1 aromatic rings. The van der Waals surface area contributed by atoms with Gasteiger partial charge in [0.05, 0.1) is 14.2 Å². The molecule has 6 heteroatoms. The molecule has 6 nitrogen and oxygen atoms in total. The van der Waals surface area contributed by atoms with Crippen molar-refractivity contribution in [1.82, 2.24) is 9.80 Å². The molecule has 2 amide bonds. The van der Waals surface area contributed by atoms with Crippen LogP contribution >= 0.6 is 0 Å². The number of carbonyl (C=O) groups is 2. The SMILES string of the molecule is COc1cc2c(cc1OC)CN(C(=O)C(=O)N1CCCCC1)CC2. The summed E-state index contributed by atoms with van der Waals surface area (Å²) in [6.07, 6.45) is 3.82. The largest absolute Gasteiger partial charge is 0.493 e. The Morgan fingerprint density at radius 2 is 1.42 bits per heavy atom. The molecule has 0 radical (unpaired) electrons. The van der Waals surface area contributed by atoms with Gasteiger partial charge in [0.15, 0.2) is 11.5 Å². The average Bonchev–Trinajstić information content (AvgIpc) is 2.65. The molecule has 1 saturated heterocycles. The summed E-state index contributed by atoms with van der Waals surface area (Å²) in [4.78, 5) is 28.3. The second kappa shape index (κ2) is 7.11. The van der Waals surface area contributed by atoms with Gasteiger partial charge in [-0.15, -0.1) is 0 Å². The van der Waals surface area contributed by atoms with Gasteiger partial charge in [0, 0.05) is 26.2 Å². The molecule has 0 aliphatic carbocycles. The highest BCUT2D eigenvalue weighted by molar-refractivity contribution is 6.34. The van der Waals surface area contributed by atoms with E-state index in [0.29, 0.717) is 44.1 Å². The number of fused-ring (bicyclic) bond motifs is 1. The van der Waals surface area contributed by atoms with Crippen molar-refractivity contribution >= 4 is 11.8 Å². The maximum absolute atomic E-state index is 12.6. The number of ether oxygens (including phenoxy) is 2. The second-order valence-electron chi connectivity index (χ2n) is 6.31. The van der Waals surface area contributed by atoms with E-state index in [4.69, 9.17) is 9.47 Å². The topological polar surface area (TPSA) is 59.1 Å². The van der Waals surface area contributed by atoms with Gasteiger partial charge in [-0.25, -0.2) is 0 Å². The Kier molecular flexibility index (Phi) is 4.92. The number of piperidine rings is 1. The Morgan fingerprint density at radius 3 is 2.04 bits per heavy atom. The van der Waals surface area contributed by atoms with Crippen molar-refractivity contribution in [1.29, 1.82) is 0 Å². The quantitative estimate of drug-likeness (QED) is 0.772. The first kappa shape index (κ1) is 16.6. The van der Waals surface area contributed by atoms with Crippen molar-refractivity contribution in [2.75, 3.05) is 33.9 Å². The maximum atomic E-state index is 12.6. The number of likely N-dealkylation sites (tertiary alicyclic amines) is 1. The van der Waals surface area contributed by atoms with E-state index < -0.39 is 5.91 Å². The Hall–Kier alpha value is -2.24. The van der Waals surface area contributed by atoms with Crippen LogP contribution in [0.1, 0.15) is 30.4 Å². The van der Waals surface area contributed by atoms with Gasteiger partial charge >= 0.3 is 11.8 Å². The molecule has 0 bridgehead atoms. The average molecular weight is 332 g/mol. The van der Waals surface area contributed by atoms with E-state index in [1.165, 1.54) is 0 Å². The number of benzene rings is 1. The van der Waals surface area contributed by atoms with Crippen LogP contribution in [0.25, 0.3) is 0 Å². The second-order valence-corrected chi connectivity index (χ2v) is 6.31. The number of methoxy groups -OCH3 is 2. The van der Waals surface area contributed by atoms with Gasteiger partial charge < -0.3 is 19.3 Å². The molecule has 0 N–H and O–H groups in total. The fraction of sp³-hybridized carbons (Fsp3) is 0.556. The number of amides is 2. The van der Waals surface area contributed by atoms with Gasteiger partial charge in [-0.2, -0.15) is 0 Å². The van der Waals surface area contributed by atoms with E-state index in [0.717, 1.165) is 30.4 Å². The summed E-state index contributed by atoms with van der Waals surface area (Å²) in [5.74, 6) is 0.587. The minimum absolute atomic E-state index is 0.362. The van der Waals surface area contributed by atoms with E-state index >= 15 is 0 Å². The van der Waals surface area contributed by atoms with Crippen LogP contribution in [0.4, 0.5) is 0 Å². The van der Waals surface area contributed by atoms with Crippen LogP contribution in [0.15, 0.2) is 12.1 Å². The lowest BCUT2D eigenvalue weighted by atomic mass is 9.98. The van der Waals surface area contributed by atoms with Gasteiger partial charge in [0.2, 0.25) is 0 Å². The fourth-order valence-corrected chi connectivity index (χ4v) is 3.42. The Morgan fingerprint density at radius 1 is 0.833 bits per heavy atom. The molecule has 2 aliphatic heterocycles. The number of nitrogens with zero attached hydrogens (tertiary/aromatic N) is 2. The van der Waals surface area contributed by atoms with Crippen LogP contribution in [-0.2, 0) is 22.6 Å². The lowest BCUT2D eigenvalue weighted by Gasteiger charge is -2.32. The molecule has 2 aliphatic rings. The molecule has 24 heavy (non-hydrogen) atoms. The molecule has 0 spiro atoms. The Balaban J connectivity index is 1.74. The van der Waals surface area contributed by atoms with E-state index in [9.17, 15) is 9.59 Å². The van der Waals surface area contributed by atoms with Crippen molar-refractivity contribution in [3.05, 3.63) is 23.3 Å². The maximum Gasteiger partial charge on any atom is 0.312 e. The normalized spacial score (nSPS) is 17.2. The number of rotatable bonds is 2. The predicted molar refractivity (Wildman–Crippen MR) is 89.1 cm³/mol. The smallest absolute Gasteiger partial charge is 0.312 e. The van der Waals surface area contributed by atoms with E-state index in [1.54, 1.807) is 24.0 Å². The highest BCUT2D eigenvalue weighted by Gasteiger charge is 2.30. The molecule has 1 aromatic carbocycles. The Labute approximate surface area is 142 Å². The van der Waals surface area contributed by atoms with Crippen molar-refractivity contribution in [3.63, 3.8) is 0 Å². The molecular weight excluding hydrogens is 308 g/mol. The first-order valence-corrected chi connectivity index (χ1v) is 8.46. The summed E-state index contributed by atoms with van der Waals surface area (Å²) in [5.41, 5.74) is 2.15. The predicted octanol–water partition coefficient (Wildman–Crippen LogP) is 1.60. The molecule has 130 valence electrons. The van der Waals surface area contributed by atoms with E-state index in [1.807, 2.05) is 12.1 Å².